The summed E-state index contributed by atoms with van der Waals surface area (Å²) in [4.78, 5) is 8.80. The van der Waals surface area contributed by atoms with Crippen molar-refractivity contribution in [3.05, 3.63) is 84.2 Å². The molecule has 0 saturated heterocycles. The Morgan fingerprint density at radius 3 is 2.57 bits per heavy atom. The summed E-state index contributed by atoms with van der Waals surface area (Å²) in [5.41, 5.74) is 1.93. The zero-order valence-corrected chi connectivity index (χ0v) is 18.0. The van der Waals surface area contributed by atoms with E-state index in [2.05, 4.69) is 19.8 Å². The van der Waals surface area contributed by atoms with Gasteiger partial charge in [0.15, 0.2) is 0 Å². The molecule has 154 valence electrons. The maximum Gasteiger partial charge on any atom is 0.253 e. The highest BCUT2D eigenvalue weighted by molar-refractivity contribution is 7.99. The van der Waals surface area contributed by atoms with E-state index >= 15 is 0 Å². The Morgan fingerprint density at radius 1 is 1.07 bits per heavy atom. The van der Waals surface area contributed by atoms with E-state index in [-0.39, 0.29) is 10.9 Å². The van der Waals surface area contributed by atoms with E-state index in [1.54, 1.807) is 47.2 Å². The van der Waals surface area contributed by atoms with E-state index in [1.165, 1.54) is 11.8 Å². The van der Waals surface area contributed by atoms with Crippen molar-refractivity contribution >= 4 is 27.6 Å². The van der Waals surface area contributed by atoms with Gasteiger partial charge in [0.05, 0.1) is 4.90 Å². The molecule has 1 unspecified atom stereocenters. The summed E-state index contributed by atoms with van der Waals surface area (Å²) in [5, 5.41) is 4.99. The number of aromatic nitrogens is 4. The van der Waals surface area contributed by atoms with Crippen LogP contribution >= 0.6 is 11.8 Å². The fourth-order valence-corrected chi connectivity index (χ4v) is 5.08. The van der Waals surface area contributed by atoms with E-state index in [0.29, 0.717) is 23.1 Å². The van der Waals surface area contributed by atoms with Crippen LogP contribution in [0.2, 0.25) is 0 Å². The largest absolute Gasteiger partial charge is 0.253 e. The number of thioether (sulfide) groups is 1. The highest BCUT2D eigenvalue weighted by Gasteiger charge is 2.21. The van der Waals surface area contributed by atoms with Crippen molar-refractivity contribution in [1.29, 1.82) is 0 Å². The van der Waals surface area contributed by atoms with E-state index in [4.69, 9.17) is 0 Å². The molecule has 4 aromatic rings. The van der Waals surface area contributed by atoms with Crippen LogP contribution < -0.4 is 4.72 Å². The number of benzene rings is 2. The third-order valence-corrected chi connectivity index (χ3v) is 6.92. The summed E-state index contributed by atoms with van der Waals surface area (Å²) in [5.74, 6) is 1.19. The van der Waals surface area contributed by atoms with Crippen LogP contribution in [0.25, 0.3) is 5.78 Å². The van der Waals surface area contributed by atoms with Crippen molar-refractivity contribution in [3.63, 3.8) is 0 Å². The van der Waals surface area contributed by atoms with Crippen LogP contribution in [-0.2, 0) is 10.0 Å². The molecule has 4 rings (SSSR count). The number of nitrogens with zero attached hydrogens (tertiary/aromatic N) is 4. The van der Waals surface area contributed by atoms with Gasteiger partial charge in [-0.1, -0.05) is 59.8 Å². The summed E-state index contributed by atoms with van der Waals surface area (Å²) < 4.78 is 30.3. The van der Waals surface area contributed by atoms with Gasteiger partial charge in [0.1, 0.15) is 0 Å². The molecule has 9 heteroatoms. The summed E-state index contributed by atoms with van der Waals surface area (Å²) in [6.07, 6.45) is 4.05. The molecule has 0 aliphatic heterocycles. The fourth-order valence-electron chi connectivity index (χ4n) is 2.99. The SMILES string of the molecule is Cc1ccc(S(=O)(=O)NC(CCSc2nc3ncccn3n2)c2ccccc2)cc1. The molecule has 7 nitrogen and oxygen atoms in total. The molecule has 0 spiro atoms. The van der Waals surface area contributed by atoms with Crippen LogP contribution in [-0.4, -0.2) is 33.8 Å². The molecule has 0 saturated carbocycles. The first kappa shape index (κ1) is 20.5. The maximum atomic E-state index is 12.9. The van der Waals surface area contributed by atoms with Crippen LogP contribution in [0.5, 0.6) is 0 Å². The number of aryl methyl sites for hydroxylation is 1. The first-order valence-corrected chi connectivity index (χ1v) is 11.9. The van der Waals surface area contributed by atoms with Crippen LogP contribution in [0.4, 0.5) is 0 Å². The van der Waals surface area contributed by atoms with Gasteiger partial charge in [-0.2, -0.15) is 4.98 Å². The normalized spacial score (nSPS) is 12.8. The summed E-state index contributed by atoms with van der Waals surface area (Å²) >= 11 is 1.48. The summed E-state index contributed by atoms with van der Waals surface area (Å²) in [6.45, 7) is 1.93. The van der Waals surface area contributed by atoms with E-state index in [1.807, 2.05) is 37.3 Å². The smallest absolute Gasteiger partial charge is 0.220 e. The summed E-state index contributed by atoms with van der Waals surface area (Å²) in [6, 6.07) is 17.9. The van der Waals surface area contributed by atoms with Crippen LogP contribution in [0.1, 0.15) is 23.6 Å². The van der Waals surface area contributed by atoms with E-state index < -0.39 is 10.0 Å². The lowest BCUT2D eigenvalue weighted by Gasteiger charge is -2.19. The van der Waals surface area contributed by atoms with Crippen LogP contribution in [0, 0.1) is 6.92 Å². The van der Waals surface area contributed by atoms with Crippen LogP contribution in [0.3, 0.4) is 0 Å². The van der Waals surface area contributed by atoms with E-state index in [9.17, 15) is 8.42 Å². The molecule has 0 bridgehead atoms. The number of sulfonamides is 1. The minimum absolute atomic E-state index is 0.259. The molecular formula is C21H21N5O2S2. The number of nitrogens with one attached hydrogen (secondary N) is 1. The van der Waals surface area contributed by atoms with Crippen molar-refractivity contribution in [2.45, 2.75) is 29.4 Å². The third kappa shape index (κ3) is 4.86. The molecular weight excluding hydrogens is 418 g/mol. The monoisotopic (exact) mass is 439 g/mol. The number of rotatable bonds is 8. The van der Waals surface area contributed by atoms with Gasteiger partial charge in [0.2, 0.25) is 15.2 Å². The maximum absolute atomic E-state index is 12.9. The minimum atomic E-state index is -3.64. The van der Waals surface area contributed by atoms with Crippen molar-refractivity contribution < 1.29 is 8.42 Å². The van der Waals surface area contributed by atoms with Gasteiger partial charge >= 0.3 is 0 Å². The molecule has 2 aromatic heterocycles. The minimum Gasteiger partial charge on any atom is -0.220 e. The molecule has 2 heterocycles. The van der Waals surface area contributed by atoms with Gasteiger partial charge in [0, 0.05) is 24.2 Å². The second-order valence-electron chi connectivity index (χ2n) is 6.79. The fraction of sp³-hybridized carbons (Fsp3) is 0.190. The van der Waals surface area contributed by atoms with Gasteiger partial charge in [-0.25, -0.2) is 22.6 Å². The standard InChI is InChI=1S/C21H21N5O2S2/c1-16-8-10-18(11-9-16)30(27,28)25-19(17-6-3-2-4-7-17)12-15-29-21-23-20-22-13-5-14-26(20)24-21/h2-11,13-14,19,25H,12,15H2,1H3. The quantitative estimate of drug-likeness (QED) is 0.422. The number of fused-ring (bicyclic) bond motifs is 1. The topological polar surface area (TPSA) is 89.2 Å². The third-order valence-electron chi connectivity index (χ3n) is 4.57. The molecule has 0 fully saturated rings. The molecule has 30 heavy (non-hydrogen) atoms. The van der Waals surface area contributed by atoms with E-state index in [0.717, 1.165) is 11.1 Å². The molecule has 0 aliphatic carbocycles. The predicted octanol–water partition coefficient (Wildman–Crippen LogP) is 3.63. The number of hydrogen-bond acceptors (Lipinski definition) is 6. The van der Waals surface area contributed by atoms with Crippen LogP contribution in [0.15, 0.2) is 83.1 Å². The first-order chi connectivity index (χ1) is 14.5. The van der Waals surface area contributed by atoms with Crippen molar-refractivity contribution in [2.75, 3.05) is 5.75 Å². The highest BCUT2D eigenvalue weighted by atomic mass is 32.2. The van der Waals surface area contributed by atoms with Crippen molar-refractivity contribution in [2.24, 2.45) is 0 Å². The lowest BCUT2D eigenvalue weighted by atomic mass is 10.1. The Morgan fingerprint density at radius 2 is 1.83 bits per heavy atom. The molecule has 2 aromatic carbocycles. The van der Waals surface area contributed by atoms with Gasteiger partial charge < -0.3 is 0 Å². The zero-order valence-electron chi connectivity index (χ0n) is 16.3. The van der Waals surface area contributed by atoms with Crippen molar-refractivity contribution in [1.82, 2.24) is 24.3 Å². The second-order valence-corrected chi connectivity index (χ2v) is 9.57. The van der Waals surface area contributed by atoms with Crippen molar-refractivity contribution in [3.8, 4) is 0 Å². The molecule has 1 atom stereocenters. The molecule has 0 aliphatic rings. The predicted molar refractivity (Wildman–Crippen MR) is 117 cm³/mol. The lowest BCUT2D eigenvalue weighted by molar-refractivity contribution is 0.551. The second kappa shape index (κ2) is 8.95. The Balaban J connectivity index is 1.49. The highest BCUT2D eigenvalue weighted by Crippen LogP contribution is 2.24. The molecule has 0 radical (unpaired) electrons. The number of hydrogen-bond donors (Lipinski definition) is 1. The van der Waals surface area contributed by atoms with Gasteiger partial charge in [-0.15, -0.1) is 5.10 Å². The van der Waals surface area contributed by atoms with Gasteiger partial charge in [-0.3, -0.25) is 0 Å². The average molecular weight is 440 g/mol. The van der Waals surface area contributed by atoms with Gasteiger partial charge in [-0.05, 0) is 37.1 Å². The lowest BCUT2D eigenvalue weighted by Crippen LogP contribution is -2.29. The Kier molecular flexibility index (Phi) is 6.12. The van der Waals surface area contributed by atoms with Gasteiger partial charge in [0.25, 0.3) is 5.78 Å². The summed E-state index contributed by atoms with van der Waals surface area (Å²) in [7, 11) is -3.64. The Labute approximate surface area is 179 Å². The molecule has 0 amide bonds. The zero-order chi connectivity index (χ0) is 21.0. The first-order valence-electron chi connectivity index (χ1n) is 9.45. The Hall–Kier alpha value is -2.75. The molecule has 1 N–H and O–H groups in total. The average Bonchev–Trinajstić information content (AvgIpc) is 3.17. The Bertz CT molecular complexity index is 1190.